The average molecular weight is 377 g/mol. The zero-order valence-electron chi connectivity index (χ0n) is 13.0. The van der Waals surface area contributed by atoms with Crippen LogP contribution in [-0.4, -0.2) is 17.3 Å². The fraction of sp³-hybridized carbons (Fsp3) is 0.111. The van der Waals surface area contributed by atoms with Crippen molar-refractivity contribution in [2.45, 2.75) is 6.42 Å². The van der Waals surface area contributed by atoms with Gasteiger partial charge in [-0.05, 0) is 24.1 Å². The van der Waals surface area contributed by atoms with E-state index in [4.69, 9.17) is 27.7 Å². The second-order valence-electron chi connectivity index (χ2n) is 5.32. The van der Waals surface area contributed by atoms with E-state index in [0.29, 0.717) is 34.3 Å². The van der Waals surface area contributed by atoms with Gasteiger partial charge >= 0.3 is 11.7 Å². The molecule has 0 atom stereocenters. The lowest BCUT2D eigenvalue weighted by Crippen LogP contribution is -2.30. The molecule has 1 aromatic heterocycles. The second-order valence-corrected chi connectivity index (χ2v) is 6.16. The molecule has 0 aliphatic rings. The number of hydrogen-bond donors (Lipinski definition) is 1. The van der Waals surface area contributed by atoms with Gasteiger partial charge in [0.25, 0.3) is 0 Å². The van der Waals surface area contributed by atoms with E-state index in [0.717, 1.165) is 10.3 Å². The molecule has 1 heterocycles. The number of aromatic nitrogens is 1. The quantitative estimate of drug-likeness (QED) is 0.741. The van der Waals surface area contributed by atoms with Crippen LogP contribution in [0.2, 0.25) is 10.0 Å². The first-order valence-electron chi connectivity index (χ1n) is 7.55. The molecule has 1 amide bonds. The predicted octanol–water partition coefficient (Wildman–Crippen LogP) is 4.22. The molecule has 0 spiro atoms. The van der Waals surface area contributed by atoms with Gasteiger partial charge in [0.1, 0.15) is 5.69 Å². The summed E-state index contributed by atoms with van der Waals surface area (Å²) in [4.78, 5) is 23.9. The number of halogens is 2. The minimum atomic E-state index is -0.588. The van der Waals surface area contributed by atoms with E-state index in [-0.39, 0.29) is 0 Å². The lowest BCUT2D eigenvalue weighted by Gasteiger charge is -2.08. The normalized spacial score (nSPS) is 10.6. The third kappa shape index (κ3) is 4.13. The van der Waals surface area contributed by atoms with Crippen LogP contribution in [0.5, 0.6) is 0 Å². The maximum atomic E-state index is 12.3. The van der Waals surface area contributed by atoms with Gasteiger partial charge in [0, 0.05) is 22.2 Å². The van der Waals surface area contributed by atoms with Crippen LogP contribution in [0.1, 0.15) is 5.56 Å². The Balaban J connectivity index is 1.71. The van der Waals surface area contributed by atoms with Crippen molar-refractivity contribution in [2.75, 3.05) is 6.54 Å². The van der Waals surface area contributed by atoms with Gasteiger partial charge in [0.15, 0.2) is 0 Å². The largest absolute Gasteiger partial charge is 0.358 e. The van der Waals surface area contributed by atoms with Gasteiger partial charge < -0.3 is 9.84 Å². The first kappa shape index (κ1) is 17.3. The van der Waals surface area contributed by atoms with Crippen molar-refractivity contribution >= 4 is 29.2 Å². The van der Waals surface area contributed by atoms with Crippen molar-refractivity contribution in [2.24, 2.45) is 0 Å². The smallest absolute Gasteiger partial charge is 0.335 e. The molecule has 0 saturated carbocycles. The van der Waals surface area contributed by atoms with Gasteiger partial charge in [-0.3, -0.25) is 0 Å². The Morgan fingerprint density at radius 3 is 2.56 bits per heavy atom. The molecular formula is C18H14Cl2N2O3. The molecule has 3 aromatic rings. The van der Waals surface area contributed by atoms with Gasteiger partial charge in [0.05, 0.1) is 6.07 Å². The summed E-state index contributed by atoms with van der Waals surface area (Å²) < 4.78 is 5.94. The summed E-state index contributed by atoms with van der Waals surface area (Å²) in [6.07, 6.45) is 0.522. The number of nitrogens with one attached hydrogen (secondary N) is 1. The van der Waals surface area contributed by atoms with Crippen molar-refractivity contribution < 1.29 is 9.32 Å². The van der Waals surface area contributed by atoms with Crippen molar-refractivity contribution in [3.05, 3.63) is 80.6 Å². The summed E-state index contributed by atoms with van der Waals surface area (Å²) in [5.74, 6) is 0. The van der Waals surface area contributed by atoms with E-state index >= 15 is 0 Å². The Labute approximate surface area is 153 Å². The van der Waals surface area contributed by atoms with Crippen LogP contribution >= 0.6 is 23.2 Å². The average Bonchev–Trinajstić information content (AvgIpc) is 2.99. The van der Waals surface area contributed by atoms with Crippen molar-refractivity contribution in [1.82, 2.24) is 10.1 Å². The Kier molecular flexibility index (Phi) is 5.26. The highest BCUT2D eigenvalue weighted by molar-refractivity contribution is 6.35. The molecule has 128 valence electrons. The van der Waals surface area contributed by atoms with E-state index in [2.05, 4.69) is 5.32 Å². The standard InChI is InChI=1S/C18H14Cl2N2O3/c19-14-7-6-12(15(20)10-14)8-9-21-18(24)22-16(11-17(23)25-22)13-4-2-1-3-5-13/h1-7,10-11H,8-9H2,(H,21,24). The number of hydrogen-bond acceptors (Lipinski definition) is 3. The summed E-state index contributed by atoms with van der Waals surface area (Å²) >= 11 is 12.0. The van der Waals surface area contributed by atoms with Crippen molar-refractivity contribution in [3.8, 4) is 11.3 Å². The Hall–Kier alpha value is -2.50. The highest BCUT2D eigenvalue weighted by Crippen LogP contribution is 2.21. The molecule has 0 unspecified atom stereocenters. The Bertz CT molecular complexity index is 948. The third-order valence-electron chi connectivity index (χ3n) is 3.59. The molecule has 0 bridgehead atoms. The van der Waals surface area contributed by atoms with Crippen molar-refractivity contribution in [3.63, 3.8) is 0 Å². The maximum Gasteiger partial charge on any atom is 0.358 e. The molecule has 0 saturated heterocycles. The SMILES string of the molecule is O=C(NCCc1ccc(Cl)cc1Cl)n1oc(=O)cc1-c1ccccc1. The highest BCUT2D eigenvalue weighted by Gasteiger charge is 2.15. The van der Waals surface area contributed by atoms with Crippen LogP contribution in [0.15, 0.2) is 63.9 Å². The lowest BCUT2D eigenvalue weighted by atomic mass is 10.1. The predicted molar refractivity (Wildman–Crippen MR) is 97.4 cm³/mol. The van der Waals surface area contributed by atoms with Crippen LogP contribution in [0.4, 0.5) is 4.79 Å². The van der Waals surface area contributed by atoms with E-state index in [9.17, 15) is 9.59 Å². The van der Waals surface area contributed by atoms with Crippen LogP contribution in [0.3, 0.4) is 0 Å². The number of rotatable bonds is 4. The van der Waals surface area contributed by atoms with E-state index in [1.54, 1.807) is 24.3 Å². The zero-order chi connectivity index (χ0) is 17.8. The summed E-state index contributed by atoms with van der Waals surface area (Å²) in [6.45, 7) is 0.330. The van der Waals surface area contributed by atoms with Gasteiger partial charge in [-0.1, -0.05) is 59.6 Å². The molecule has 2 aromatic carbocycles. The van der Waals surface area contributed by atoms with Crippen LogP contribution in [0.25, 0.3) is 11.3 Å². The maximum absolute atomic E-state index is 12.3. The number of amides is 1. The van der Waals surface area contributed by atoms with E-state index in [1.807, 2.05) is 24.3 Å². The van der Waals surface area contributed by atoms with Crippen LogP contribution < -0.4 is 10.9 Å². The number of carbonyl (C=O) groups is 1. The Morgan fingerprint density at radius 2 is 1.84 bits per heavy atom. The number of benzene rings is 2. The Morgan fingerprint density at radius 1 is 1.08 bits per heavy atom. The fourth-order valence-corrected chi connectivity index (χ4v) is 2.90. The molecule has 5 nitrogen and oxygen atoms in total. The minimum Gasteiger partial charge on any atom is -0.335 e. The van der Waals surface area contributed by atoms with E-state index in [1.165, 1.54) is 6.07 Å². The van der Waals surface area contributed by atoms with Gasteiger partial charge in [-0.25, -0.2) is 9.59 Å². The van der Waals surface area contributed by atoms with E-state index < -0.39 is 11.7 Å². The van der Waals surface area contributed by atoms with Crippen LogP contribution in [0, 0.1) is 0 Å². The fourth-order valence-electron chi connectivity index (χ4n) is 2.40. The number of carbonyl (C=O) groups excluding carboxylic acids is 1. The first-order chi connectivity index (χ1) is 12.0. The molecule has 3 rings (SSSR count). The molecule has 0 fully saturated rings. The molecule has 0 aliphatic heterocycles. The second kappa shape index (κ2) is 7.59. The summed E-state index contributed by atoms with van der Waals surface area (Å²) in [5.41, 5.74) is 1.38. The van der Waals surface area contributed by atoms with Gasteiger partial charge in [-0.15, -0.1) is 4.74 Å². The molecule has 25 heavy (non-hydrogen) atoms. The monoisotopic (exact) mass is 376 g/mol. The lowest BCUT2D eigenvalue weighted by molar-refractivity contribution is 0.208. The van der Waals surface area contributed by atoms with Gasteiger partial charge in [-0.2, -0.15) is 0 Å². The molecule has 0 aliphatic carbocycles. The molecule has 1 N–H and O–H groups in total. The summed E-state index contributed by atoms with van der Waals surface area (Å²) in [7, 11) is 0. The highest BCUT2D eigenvalue weighted by atomic mass is 35.5. The third-order valence-corrected chi connectivity index (χ3v) is 4.18. The molecule has 7 heteroatoms. The molecular weight excluding hydrogens is 363 g/mol. The molecule has 0 radical (unpaired) electrons. The van der Waals surface area contributed by atoms with Gasteiger partial charge in [0.2, 0.25) is 0 Å². The summed E-state index contributed by atoms with van der Waals surface area (Å²) in [6, 6.07) is 15.0. The van der Waals surface area contributed by atoms with Crippen LogP contribution in [-0.2, 0) is 6.42 Å². The summed E-state index contributed by atoms with van der Waals surface area (Å²) in [5, 5.41) is 3.81. The topological polar surface area (TPSA) is 64.2 Å². The minimum absolute atomic E-state index is 0.330. The zero-order valence-corrected chi connectivity index (χ0v) is 14.6. The first-order valence-corrected chi connectivity index (χ1v) is 8.31. The van der Waals surface area contributed by atoms with Crippen molar-refractivity contribution in [1.29, 1.82) is 0 Å². The number of nitrogens with zero attached hydrogens (tertiary/aromatic N) is 1.